The Bertz CT molecular complexity index is 501. The number of thiophene rings is 1. The van der Waals surface area contributed by atoms with Gasteiger partial charge in [0.15, 0.2) is 0 Å². The van der Waals surface area contributed by atoms with Crippen LogP contribution in [0.3, 0.4) is 0 Å². The molecule has 1 N–H and O–H groups in total. The molecule has 3 nitrogen and oxygen atoms in total. The van der Waals surface area contributed by atoms with E-state index in [-0.39, 0.29) is 5.56 Å². The number of aromatic nitrogens is 2. The average Bonchev–Trinajstić information content (AvgIpc) is 2.47. The van der Waals surface area contributed by atoms with E-state index in [2.05, 4.69) is 41.8 Å². The van der Waals surface area contributed by atoms with E-state index in [0.29, 0.717) is 5.82 Å². The summed E-state index contributed by atoms with van der Waals surface area (Å²) >= 11 is 8.27. The van der Waals surface area contributed by atoms with Crippen LogP contribution in [0, 0.1) is 0 Å². The predicted molar refractivity (Wildman–Crippen MR) is 63.6 cm³/mol. The molecule has 0 atom stereocenters. The fourth-order valence-corrected chi connectivity index (χ4v) is 2.95. The fraction of sp³-hybridized carbons (Fsp3) is 0. The third-order valence-electron chi connectivity index (χ3n) is 1.55. The minimum Gasteiger partial charge on any atom is -0.306 e. The van der Waals surface area contributed by atoms with Gasteiger partial charge in [-0.15, -0.1) is 11.3 Å². The molecule has 0 radical (unpaired) electrons. The van der Waals surface area contributed by atoms with Gasteiger partial charge < -0.3 is 4.98 Å². The molecule has 2 aromatic rings. The van der Waals surface area contributed by atoms with Crippen LogP contribution >= 0.6 is 43.2 Å². The van der Waals surface area contributed by atoms with E-state index in [1.54, 1.807) is 0 Å². The molecular formula is C8H4Br2N2OS. The molecule has 0 fully saturated rings. The number of rotatable bonds is 1. The molecule has 0 saturated carbocycles. The van der Waals surface area contributed by atoms with Crippen LogP contribution in [0.25, 0.3) is 10.7 Å². The first-order valence-electron chi connectivity index (χ1n) is 3.67. The first-order valence-corrected chi connectivity index (χ1v) is 6.07. The van der Waals surface area contributed by atoms with Gasteiger partial charge in [0.1, 0.15) is 5.82 Å². The first kappa shape index (κ1) is 10.1. The summed E-state index contributed by atoms with van der Waals surface area (Å²) in [4.78, 5) is 18.7. The van der Waals surface area contributed by atoms with Crippen LogP contribution in [0.4, 0.5) is 0 Å². The Balaban J connectivity index is 2.54. The minimum atomic E-state index is -0.143. The summed E-state index contributed by atoms with van der Waals surface area (Å²) in [6.07, 6.45) is 1.50. The number of nitrogens with zero attached hydrogens (tertiary/aromatic N) is 1. The molecule has 6 heteroatoms. The second-order valence-corrected chi connectivity index (χ2v) is 5.74. The van der Waals surface area contributed by atoms with E-state index in [9.17, 15) is 4.79 Å². The van der Waals surface area contributed by atoms with Crippen molar-refractivity contribution in [2.45, 2.75) is 0 Å². The van der Waals surface area contributed by atoms with Crippen LogP contribution in [-0.4, -0.2) is 9.97 Å². The maximum absolute atomic E-state index is 11.0. The summed E-state index contributed by atoms with van der Waals surface area (Å²) < 4.78 is 1.95. The van der Waals surface area contributed by atoms with Gasteiger partial charge >= 0.3 is 0 Å². The Hall–Kier alpha value is -0.460. The van der Waals surface area contributed by atoms with Crippen LogP contribution in [0.5, 0.6) is 0 Å². The summed E-state index contributed by atoms with van der Waals surface area (Å²) in [5.41, 5.74) is -0.143. The van der Waals surface area contributed by atoms with Crippen LogP contribution in [0.2, 0.25) is 0 Å². The van der Waals surface area contributed by atoms with Crippen molar-refractivity contribution in [1.29, 1.82) is 0 Å². The first-order chi connectivity index (χ1) is 6.66. The number of H-pyrrole nitrogens is 1. The quantitative estimate of drug-likeness (QED) is 0.870. The number of hydrogen-bond donors (Lipinski definition) is 1. The zero-order valence-electron chi connectivity index (χ0n) is 6.75. The van der Waals surface area contributed by atoms with E-state index in [1.165, 1.54) is 23.6 Å². The van der Waals surface area contributed by atoms with E-state index < -0.39 is 0 Å². The third-order valence-corrected chi connectivity index (χ3v) is 4.81. The van der Waals surface area contributed by atoms with Gasteiger partial charge in [-0.05, 0) is 37.9 Å². The summed E-state index contributed by atoms with van der Waals surface area (Å²) in [7, 11) is 0. The van der Waals surface area contributed by atoms with Crippen molar-refractivity contribution in [1.82, 2.24) is 9.97 Å². The Kier molecular flexibility index (Phi) is 2.85. The summed E-state index contributed by atoms with van der Waals surface area (Å²) in [6, 6.07) is 3.30. The van der Waals surface area contributed by atoms with Crippen LogP contribution in [0.1, 0.15) is 0 Å². The summed E-state index contributed by atoms with van der Waals surface area (Å²) in [6.45, 7) is 0. The lowest BCUT2D eigenvalue weighted by molar-refractivity contribution is 1.14. The van der Waals surface area contributed by atoms with Crippen molar-refractivity contribution >= 4 is 43.2 Å². The second kappa shape index (κ2) is 3.96. The molecule has 0 spiro atoms. The van der Waals surface area contributed by atoms with Gasteiger partial charge in [0.05, 0.1) is 8.66 Å². The topological polar surface area (TPSA) is 45.8 Å². The van der Waals surface area contributed by atoms with E-state index in [1.807, 2.05) is 6.07 Å². The van der Waals surface area contributed by atoms with Crippen LogP contribution in [-0.2, 0) is 0 Å². The van der Waals surface area contributed by atoms with Gasteiger partial charge in [0.2, 0.25) is 0 Å². The average molecular weight is 336 g/mol. The van der Waals surface area contributed by atoms with Gasteiger partial charge in [-0.3, -0.25) is 4.79 Å². The molecule has 0 aromatic carbocycles. The van der Waals surface area contributed by atoms with Crippen LogP contribution in [0.15, 0.2) is 31.4 Å². The third kappa shape index (κ3) is 1.97. The highest BCUT2D eigenvalue weighted by Gasteiger charge is 2.07. The maximum Gasteiger partial charge on any atom is 0.251 e. The molecule has 0 amide bonds. The molecular weight excluding hydrogens is 332 g/mol. The van der Waals surface area contributed by atoms with Crippen LogP contribution < -0.4 is 5.56 Å². The minimum absolute atomic E-state index is 0.143. The number of aromatic amines is 1. The van der Waals surface area contributed by atoms with Gasteiger partial charge in [-0.2, -0.15) is 0 Å². The molecule has 2 aromatic heterocycles. The van der Waals surface area contributed by atoms with E-state index in [0.717, 1.165) is 13.1 Å². The smallest absolute Gasteiger partial charge is 0.251 e. The Labute approximate surface area is 100 Å². The predicted octanol–water partition coefficient (Wildman–Crippen LogP) is 3.02. The van der Waals surface area contributed by atoms with Crippen molar-refractivity contribution in [2.75, 3.05) is 0 Å². The Morgan fingerprint density at radius 3 is 2.79 bits per heavy atom. The highest BCUT2D eigenvalue weighted by molar-refractivity contribution is 9.13. The van der Waals surface area contributed by atoms with Crippen molar-refractivity contribution < 1.29 is 0 Å². The lowest BCUT2D eigenvalue weighted by atomic mass is 10.4. The van der Waals surface area contributed by atoms with Crippen molar-refractivity contribution in [2.24, 2.45) is 0 Å². The second-order valence-electron chi connectivity index (χ2n) is 2.51. The number of hydrogen-bond acceptors (Lipinski definition) is 3. The number of halogens is 2. The standard InChI is InChI=1S/C8H4Br2N2OS/c9-4-3-5(14-7(4)10)8-11-2-1-6(13)12-8/h1-3H,(H,11,12,13). The zero-order valence-corrected chi connectivity index (χ0v) is 10.7. The largest absolute Gasteiger partial charge is 0.306 e. The molecule has 2 heterocycles. The fourth-order valence-electron chi connectivity index (χ4n) is 0.959. The molecule has 0 aliphatic heterocycles. The van der Waals surface area contributed by atoms with E-state index >= 15 is 0 Å². The molecule has 0 saturated heterocycles. The SMILES string of the molecule is O=c1ccnc(-c2cc(Br)c(Br)s2)[nH]1. The summed E-state index contributed by atoms with van der Waals surface area (Å²) in [5.74, 6) is 0.592. The lowest BCUT2D eigenvalue weighted by Crippen LogP contribution is -2.04. The number of nitrogens with one attached hydrogen (secondary N) is 1. The monoisotopic (exact) mass is 334 g/mol. The van der Waals surface area contributed by atoms with Crippen molar-refractivity contribution in [3.63, 3.8) is 0 Å². The molecule has 0 aliphatic carbocycles. The zero-order chi connectivity index (χ0) is 10.1. The van der Waals surface area contributed by atoms with Crippen molar-refractivity contribution in [3.8, 4) is 10.7 Å². The Morgan fingerprint density at radius 1 is 1.43 bits per heavy atom. The molecule has 0 bridgehead atoms. The highest BCUT2D eigenvalue weighted by Crippen LogP contribution is 2.36. The molecule has 0 aliphatic rings. The molecule has 72 valence electrons. The summed E-state index contributed by atoms with van der Waals surface area (Å²) in [5, 5.41) is 0. The highest BCUT2D eigenvalue weighted by atomic mass is 79.9. The maximum atomic E-state index is 11.0. The normalized spacial score (nSPS) is 10.4. The molecule has 0 unspecified atom stereocenters. The lowest BCUT2D eigenvalue weighted by Gasteiger charge is -1.92. The molecule has 14 heavy (non-hydrogen) atoms. The Morgan fingerprint density at radius 2 is 2.21 bits per heavy atom. The van der Waals surface area contributed by atoms with E-state index in [4.69, 9.17) is 0 Å². The van der Waals surface area contributed by atoms with Crippen molar-refractivity contribution in [3.05, 3.63) is 36.9 Å². The van der Waals surface area contributed by atoms with Gasteiger partial charge in [0, 0.05) is 16.7 Å². The van der Waals surface area contributed by atoms with Gasteiger partial charge in [0.25, 0.3) is 5.56 Å². The van der Waals surface area contributed by atoms with Gasteiger partial charge in [-0.1, -0.05) is 0 Å². The molecule has 2 rings (SSSR count). The van der Waals surface area contributed by atoms with Gasteiger partial charge in [-0.25, -0.2) is 4.98 Å².